The highest BCUT2D eigenvalue weighted by Gasteiger charge is 2.32. The predicted octanol–water partition coefficient (Wildman–Crippen LogP) is 5.56. The van der Waals surface area contributed by atoms with Crippen molar-refractivity contribution in [2.45, 2.75) is 32.9 Å². The molecule has 0 aliphatic carbocycles. The Kier molecular flexibility index (Phi) is 7.63. The van der Waals surface area contributed by atoms with Crippen molar-refractivity contribution in [1.82, 2.24) is 4.57 Å². The molecule has 2 heterocycles. The third-order valence-electron chi connectivity index (χ3n) is 6.10. The summed E-state index contributed by atoms with van der Waals surface area (Å²) < 4.78 is 22.6. The number of amides is 1. The Hall–Kier alpha value is -3.82. The molecule has 39 heavy (non-hydrogen) atoms. The van der Waals surface area contributed by atoms with Gasteiger partial charge in [0.15, 0.2) is 4.80 Å². The summed E-state index contributed by atoms with van der Waals surface area (Å²) in [6.45, 7) is 5.62. The van der Waals surface area contributed by atoms with Gasteiger partial charge in [0.05, 0.1) is 27.9 Å². The zero-order valence-electron chi connectivity index (χ0n) is 21.4. The lowest BCUT2D eigenvalue weighted by Gasteiger charge is -2.25. The molecule has 4 aromatic rings. The minimum absolute atomic E-state index is 0.0497. The number of fused-ring (bicyclic) bond motifs is 1. The van der Waals surface area contributed by atoms with Crippen LogP contribution in [0.2, 0.25) is 0 Å². The number of thiazole rings is 1. The first-order valence-electron chi connectivity index (χ1n) is 12.3. The summed E-state index contributed by atoms with van der Waals surface area (Å²) in [5, 5.41) is 2.91. The number of ether oxygens (including phenoxy) is 1. The van der Waals surface area contributed by atoms with Crippen LogP contribution in [0.25, 0.3) is 6.08 Å². The molecule has 0 saturated heterocycles. The van der Waals surface area contributed by atoms with Gasteiger partial charge >= 0.3 is 0 Å². The smallest absolute Gasteiger partial charge is 0.271 e. The molecule has 1 N–H and O–H groups in total. The molecular weight excluding hydrogens is 581 g/mol. The molecule has 9 heteroatoms. The average molecular weight is 607 g/mol. The number of carbonyl (C=O) groups excluding carboxylic acids is 1. The Labute approximate surface area is 236 Å². The van der Waals surface area contributed by atoms with Crippen LogP contribution in [0.5, 0.6) is 5.75 Å². The van der Waals surface area contributed by atoms with E-state index in [-0.39, 0.29) is 17.6 Å². The molecule has 6 nitrogen and oxygen atoms in total. The topological polar surface area (TPSA) is 72.7 Å². The number of aromatic nitrogens is 1. The maximum absolute atomic E-state index is 13.9. The van der Waals surface area contributed by atoms with Crippen LogP contribution in [-0.4, -0.2) is 16.6 Å². The summed E-state index contributed by atoms with van der Waals surface area (Å²) in [5.74, 6) is -0.145. The lowest BCUT2D eigenvalue weighted by molar-refractivity contribution is -0.113. The second-order valence-corrected chi connectivity index (χ2v) is 11.2. The largest absolute Gasteiger partial charge is 0.490 e. The van der Waals surface area contributed by atoms with Crippen molar-refractivity contribution in [1.29, 1.82) is 0 Å². The molecule has 0 bridgehead atoms. The highest BCUT2D eigenvalue weighted by Crippen LogP contribution is 2.31. The predicted molar refractivity (Wildman–Crippen MR) is 155 cm³/mol. The van der Waals surface area contributed by atoms with Crippen LogP contribution in [0.1, 0.15) is 37.9 Å². The third kappa shape index (κ3) is 5.65. The van der Waals surface area contributed by atoms with Gasteiger partial charge < -0.3 is 10.1 Å². The molecule has 1 atom stereocenters. The Balaban J connectivity index is 1.68. The van der Waals surface area contributed by atoms with E-state index in [0.717, 1.165) is 10.0 Å². The first-order chi connectivity index (χ1) is 18.7. The van der Waals surface area contributed by atoms with Crippen molar-refractivity contribution in [2.24, 2.45) is 4.99 Å². The maximum Gasteiger partial charge on any atom is 0.271 e. The van der Waals surface area contributed by atoms with Gasteiger partial charge in [-0.15, -0.1) is 0 Å². The second kappa shape index (κ2) is 11.1. The first-order valence-corrected chi connectivity index (χ1v) is 13.9. The van der Waals surface area contributed by atoms with Gasteiger partial charge in [-0.2, -0.15) is 0 Å². The van der Waals surface area contributed by atoms with Gasteiger partial charge in [0.25, 0.3) is 11.5 Å². The van der Waals surface area contributed by atoms with Crippen LogP contribution in [0, 0.1) is 5.82 Å². The maximum atomic E-state index is 13.9. The van der Waals surface area contributed by atoms with E-state index in [1.165, 1.54) is 28.0 Å². The number of para-hydroxylation sites is 1. The van der Waals surface area contributed by atoms with Crippen LogP contribution < -0.4 is 24.9 Å². The van der Waals surface area contributed by atoms with Crippen LogP contribution >= 0.6 is 27.3 Å². The quantitative estimate of drug-likeness (QED) is 0.313. The van der Waals surface area contributed by atoms with E-state index in [0.29, 0.717) is 37.6 Å². The number of allylic oxidation sites excluding steroid dienone is 1. The van der Waals surface area contributed by atoms with Crippen molar-refractivity contribution >= 4 is 44.9 Å². The number of rotatable bonds is 6. The highest BCUT2D eigenvalue weighted by molar-refractivity contribution is 9.10. The van der Waals surface area contributed by atoms with E-state index in [1.54, 1.807) is 37.3 Å². The van der Waals surface area contributed by atoms with Gasteiger partial charge in [0.2, 0.25) is 0 Å². The van der Waals surface area contributed by atoms with Gasteiger partial charge in [0.1, 0.15) is 11.6 Å². The minimum atomic E-state index is -0.790. The number of nitrogens with zero attached hydrogens (tertiary/aromatic N) is 2. The van der Waals surface area contributed by atoms with E-state index in [1.807, 2.05) is 50.2 Å². The number of carbonyl (C=O) groups is 1. The molecular formula is C30H25BrFN3O3S. The van der Waals surface area contributed by atoms with E-state index < -0.39 is 11.9 Å². The fourth-order valence-electron chi connectivity index (χ4n) is 4.43. The van der Waals surface area contributed by atoms with Gasteiger partial charge in [0, 0.05) is 15.7 Å². The zero-order valence-corrected chi connectivity index (χ0v) is 23.8. The van der Waals surface area contributed by atoms with Crippen molar-refractivity contribution in [3.8, 4) is 5.75 Å². The molecule has 198 valence electrons. The van der Waals surface area contributed by atoms with Crippen molar-refractivity contribution in [3.63, 3.8) is 0 Å². The highest BCUT2D eigenvalue weighted by atomic mass is 79.9. The third-order valence-corrected chi connectivity index (χ3v) is 7.58. The molecule has 1 aliphatic rings. The summed E-state index contributed by atoms with van der Waals surface area (Å²) in [5.41, 5.74) is 2.45. The van der Waals surface area contributed by atoms with Crippen LogP contribution in [0.4, 0.5) is 10.1 Å². The fourth-order valence-corrected chi connectivity index (χ4v) is 5.84. The number of halogens is 2. The molecule has 0 unspecified atom stereocenters. The zero-order chi connectivity index (χ0) is 27.7. The van der Waals surface area contributed by atoms with Crippen molar-refractivity contribution < 1.29 is 13.9 Å². The SMILES string of the molecule is CC1=C(C(=O)Nc2ccccc2)[C@H](c2ccc(F)cc2)n2c(s/c(=C/c3cc(Br)ccc3OC(C)C)c2=O)=N1. The van der Waals surface area contributed by atoms with Crippen LogP contribution in [0.15, 0.2) is 98.3 Å². The van der Waals surface area contributed by atoms with Crippen LogP contribution in [-0.2, 0) is 4.79 Å². The Morgan fingerprint density at radius 2 is 1.85 bits per heavy atom. The minimum Gasteiger partial charge on any atom is -0.490 e. The molecule has 0 spiro atoms. The molecule has 0 fully saturated rings. The first kappa shape index (κ1) is 26.8. The van der Waals surface area contributed by atoms with Gasteiger partial charge in [-0.3, -0.25) is 14.2 Å². The normalized spacial score (nSPS) is 15.2. The summed E-state index contributed by atoms with van der Waals surface area (Å²) in [4.78, 5) is 32.6. The van der Waals surface area contributed by atoms with Gasteiger partial charge in [-0.1, -0.05) is 57.6 Å². The van der Waals surface area contributed by atoms with Gasteiger partial charge in [-0.25, -0.2) is 9.38 Å². The van der Waals surface area contributed by atoms with E-state index in [9.17, 15) is 14.0 Å². The molecule has 1 aliphatic heterocycles. The number of nitrogens with one attached hydrogen (secondary N) is 1. The summed E-state index contributed by atoms with van der Waals surface area (Å²) in [6, 6.07) is 19.7. The van der Waals surface area contributed by atoms with E-state index >= 15 is 0 Å². The lowest BCUT2D eigenvalue weighted by atomic mass is 9.95. The molecule has 3 aromatic carbocycles. The molecule has 1 amide bonds. The molecule has 1 aromatic heterocycles. The number of anilines is 1. The molecule has 5 rings (SSSR count). The Morgan fingerprint density at radius 3 is 2.54 bits per heavy atom. The Morgan fingerprint density at radius 1 is 1.13 bits per heavy atom. The monoisotopic (exact) mass is 605 g/mol. The standard InChI is InChI=1S/C30H25BrFN3O3S/c1-17(2)38-24-14-11-21(31)15-20(24)16-25-29(37)35-27(19-9-12-22(32)13-10-19)26(18(3)33-30(35)39-25)28(36)34-23-7-5-4-6-8-23/h4-17,27H,1-3H3,(H,34,36)/b25-16+/t27-/m0/s1. The number of hydrogen-bond donors (Lipinski definition) is 1. The fraction of sp³-hybridized carbons (Fsp3) is 0.167. The van der Waals surface area contributed by atoms with E-state index in [4.69, 9.17) is 4.74 Å². The lowest BCUT2D eigenvalue weighted by Crippen LogP contribution is -2.40. The average Bonchev–Trinajstić information content (AvgIpc) is 3.20. The number of hydrogen-bond acceptors (Lipinski definition) is 5. The van der Waals surface area contributed by atoms with Gasteiger partial charge in [-0.05, 0) is 74.9 Å². The van der Waals surface area contributed by atoms with E-state index in [2.05, 4.69) is 26.2 Å². The molecule has 0 saturated carbocycles. The van der Waals surface area contributed by atoms with Crippen LogP contribution in [0.3, 0.4) is 0 Å². The molecule has 0 radical (unpaired) electrons. The van der Waals surface area contributed by atoms with Crippen molar-refractivity contribution in [3.05, 3.63) is 125 Å². The summed E-state index contributed by atoms with van der Waals surface area (Å²) >= 11 is 4.73. The summed E-state index contributed by atoms with van der Waals surface area (Å²) in [6.07, 6.45) is 1.73. The number of benzene rings is 3. The Bertz CT molecular complexity index is 1760. The second-order valence-electron chi connectivity index (χ2n) is 9.30. The van der Waals surface area contributed by atoms with Crippen molar-refractivity contribution in [2.75, 3.05) is 5.32 Å². The summed E-state index contributed by atoms with van der Waals surface area (Å²) in [7, 11) is 0.